The van der Waals surface area contributed by atoms with Crippen LogP contribution >= 0.6 is 0 Å². The number of benzene rings is 1. The van der Waals surface area contributed by atoms with Crippen molar-refractivity contribution in [3.8, 4) is 5.75 Å². The Bertz CT molecular complexity index is 482. The summed E-state index contributed by atoms with van der Waals surface area (Å²) in [6.45, 7) is 3.47. The van der Waals surface area contributed by atoms with Gasteiger partial charge in [-0.3, -0.25) is 4.79 Å². The van der Waals surface area contributed by atoms with Gasteiger partial charge in [0, 0.05) is 25.4 Å². The van der Waals surface area contributed by atoms with Crippen LogP contribution in [0, 0.1) is 12.3 Å². The number of methoxy groups -OCH3 is 1. The third kappa shape index (κ3) is 2.94. The largest absolute Gasteiger partial charge is 0.497 e. The number of nitrogens with one attached hydrogen (secondary N) is 1. The normalized spacial score (nSPS) is 17.6. The molecule has 5 nitrogen and oxygen atoms in total. The number of aryl methyl sites for hydroxylation is 1. The smallest absolute Gasteiger partial charge is 0.232 e. The molecule has 110 valence electrons. The van der Waals surface area contributed by atoms with Gasteiger partial charge in [0.25, 0.3) is 0 Å². The van der Waals surface area contributed by atoms with Crippen LogP contribution in [0.15, 0.2) is 18.2 Å². The molecule has 1 amide bonds. The second-order valence-electron chi connectivity index (χ2n) is 5.23. The van der Waals surface area contributed by atoms with Gasteiger partial charge in [-0.05, 0) is 43.5 Å². The Morgan fingerprint density at radius 3 is 2.70 bits per heavy atom. The number of nitrogens with two attached hydrogens (primary N) is 1. The van der Waals surface area contributed by atoms with Crippen molar-refractivity contribution < 1.29 is 14.3 Å². The standard InChI is InChI=1S/C15H22N2O3/c1-11-9-12(19-2)3-4-13(11)17-14(18)15(10-16)5-7-20-8-6-15/h3-4,9H,5-8,10,16H2,1-2H3,(H,17,18). The average molecular weight is 278 g/mol. The molecule has 0 aliphatic carbocycles. The van der Waals surface area contributed by atoms with Crippen molar-refractivity contribution in [2.75, 3.05) is 32.2 Å². The molecule has 0 radical (unpaired) electrons. The highest BCUT2D eigenvalue weighted by Crippen LogP contribution is 2.31. The van der Waals surface area contributed by atoms with E-state index in [0.717, 1.165) is 17.0 Å². The lowest BCUT2D eigenvalue weighted by Crippen LogP contribution is -2.46. The summed E-state index contributed by atoms with van der Waals surface area (Å²) in [5.74, 6) is 0.761. The zero-order chi connectivity index (χ0) is 14.6. The first kappa shape index (κ1) is 14.8. The van der Waals surface area contributed by atoms with Crippen molar-refractivity contribution in [3.05, 3.63) is 23.8 Å². The number of hydrogen-bond acceptors (Lipinski definition) is 4. The summed E-state index contributed by atoms with van der Waals surface area (Å²) >= 11 is 0. The second kappa shape index (κ2) is 6.24. The Morgan fingerprint density at radius 1 is 1.45 bits per heavy atom. The fourth-order valence-electron chi connectivity index (χ4n) is 2.44. The van der Waals surface area contributed by atoms with Crippen molar-refractivity contribution in [1.29, 1.82) is 0 Å². The molecule has 0 atom stereocenters. The fourth-order valence-corrected chi connectivity index (χ4v) is 2.44. The number of amides is 1. The van der Waals surface area contributed by atoms with Gasteiger partial charge in [-0.15, -0.1) is 0 Å². The number of carbonyl (C=O) groups excluding carboxylic acids is 1. The third-order valence-electron chi connectivity index (χ3n) is 4.00. The van der Waals surface area contributed by atoms with E-state index in [2.05, 4.69) is 5.32 Å². The number of anilines is 1. The molecule has 1 aromatic rings. The molecule has 1 aliphatic rings. The average Bonchev–Trinajstić information content (AvgIpc) is 2.49. The van der Waals surface area contributed by atoms with Crippen LogP contribution < -0.4 is 15.8 Å². The van der Waals surface area contributed by atoms with Crippen LogP contribution in [-0.2, 0) is 9.53 Å². The third-order valence-corrected chi connectivity index (χ3v) is 4.00. The molecule has 0 aromatic heterocycles. The van der Waals surface area contributed by atoms with E-state index < -0.39 is 5.41 Å². The summed E-state index contributed by atoms with van der Waals surface area (Å²) in [6, 6.07) is 5.59. The van der Waals surface area contributed by atoms with Crippen LogP contribution in [0.25, 0.3) is 0 Å². The van der Waals surface area contributed by atoms with Crippen LogP contribution in [0.5, 0.6) is 5.75 Å². The molecule has 3 N–H and O–H groups in total. The fraction of sp³-hybridized carbons (Fsp3) is 0.533. The first-order chi connectivity index (χ1) is 9.61. The minimum absolute atomic E-state index is 0.0171. The molecule has 1 aromatic carbocycles. The lowest BCUT2D eigenvalue weighted by molar-refractivity contribution is -0.130. The van der Waals surface area contributed by atoms with Crippen molar-refractivity contribution in [2.45, 2.75) is 19.8 Å². The van der Waals surface area contributed by atoms with Crippen molar-refractivity contribution >= 4 is 11.6 Å². The van der Waals surface area contributed by atoms with Crippen molar-refractivity contribution in [2.24, 2.45) is 11.1 Å². The molecule has 20 heavy (non-hydrogen) atoms. The van der Waals surface area contributed by atoms with Gasteiger partial charge in [0.05, 0.1) is 12.5 Å². The zero-order valence-electron chi connectivity index (χ0n) is 12.1. The van der Waals surface area contributed by atoms with Crippen LogP contribution in [0.3, 0.4) is 0 Å². The zero-order valence-corrected chi connectivity index (χ0v) is 12.1. The monoisotopic (exact) mass is 278 g/mol. The van der Waals surface area contributed by atoms with Gasteiger partial charge < -0.3 is 20.5 Å². The molecule has 5 heteroatoms. The Kier molecular flexibility index (Phi) is 4.62. The Labute approximate surface area is 119 Å². The maximum absolute atomic E-state index is 12.5. The minimum atomic E-state index is -0.509. The number of ether oxygens (including phenoxy) is 2. The van der Waals surface area contributed by atoms with Crippen molar-refractivity contribution in [3.63, 3.8) is 0 Å². The first-order valence-electron chi connectivity index (χ1n) is 6.85. The summed E-state index contributed by atoms with van der Waals surface area (Å²) < 4.78 is 10.5. The Balaban J connectivity index is 2.14. The van der Waals surface area contributed by atoms with Gasteiger partial charge in [0.2, 0.25) is 5.91 Å². The van der Waals surface area contributed by atoms with Gasteiger partial charge in [-0.1, -0.05) is 0 Å². The summed E-state index contributed by atoms with van der Waals surface area (Å²) in [6.07, 6.45) is 1.34. The highest BCUT2D eigenvalue weighted by Gasteiger charge is 2.38. The molecule has 1 saturated heterocycles. The number of carbonyl (C=O) groups is 1. The highest BCUT2D eigenvalue weighted by atomic mass is 16.5. The lowest BCUT2D eigenvalue weighted by Gasteiger charge is -2.34. The van der Waals surface area contributed by atoms with E-state index in [1.54, 1.807) is 7.11 Å². The molecule has 2 rings (SSSR count). The topological polar surface area (TPSA) is 73.6 Å². The summed E-state index contributed by atoms with van der Waals surface area (Å²) in [5, 5.41) is 2.99. The predicted octanol–water partition coefficient (Wildman–Crippen LogP) is 1.70. The van der Waals surface area contributed by atoms with Gasteiger partial charge in [0.1, 0.15) is 5.75 Å². The number of hydrogen-bond donors (Lipinski definition) is 2. The van der Waals surface area contributed by atoms with Crippen LogP contribution in [0.4, 0.5) is 5.69 Å². The second-order valence-corrected chi connectivity index (χ2v) is 5.23. The molecule has 0 saturated carbocycles. The predicted molar refractivity (Wildman–Crippen MR) is 77.9 cm³/mol. The van der Waals surface area contributed by atoms with E-state index in [1.165, 1.54) is 0 Å². The Morgan fingerprint density at radius 2 is 2.15 bits per heavy atom. The van der Waals surface area contributed by atoms with E-state index in [1.807, 2.05) is 25.1 Å². The SMILES string of the molecule is COc1ccc(NC(=O)C2(CN)CCOCC2)c(C)c1. The number of rotatable bonds is 4. The van der Waals surface area contributed by atoms with E-state index in [0.29, 0.717) is 32.6 Å². The molecule has 1 aliphatic heterocycles. The molecule has 1 heterocycles. The minimum Gasteiger partial charge on any atom is -0.497 e. The van der Waals surface area contributed by atoms with Crippen molar-refractivity contribution in [1.82, 2.24) is 0 Å². The van der Waals surface area contributed by atoms with Crippen LogP contribution in [0.1, 0.15) is 18.4 Å². The summed E-state index contributed by atoms with van der Waals surface area (Å²) in [5.41, 5.74) is 7.10. The maximum Gasteiger partial charge on any atom is 0.232 e. The van der Waals surface area contributed by atoms with E-state index in [4.69, 9.17) is 15.2 Å². The highest BCUT2D eigenvalue weighted by molar-refractivity contribution is 5.96. The molecule has 0 bridgehead atoms. The van der Waals surface area contributed by atoms with Gasteiger partial charge >= 0.3 is 0 Å². The first-order valence-corrected chi connectivity index (χ1v) is 6.85. The molecule has 0 spiro atoms. The molecular formula is C15H22N2O3. The lowest BCUT2D eigenvalue weighted by atomic mass is 9.79. The molecular weight excluding hydrogens is 256 g/mol. The summed E-state index contributed by atoms with van der Waals surface area (Å²) in [7, 11) is 1.62. The maximum atomic E-state index is 12.5. The molecule has 0 unspecified atom stereocenters. The van der Waals surface area contributed by atoms with E-state index in [9.17, 15) is 4.79 Å². The Hall–Kier alpha value is -1.59. The van der Waals surface area contributed by atoms with E-state index in [-0.39, 0.29) is 5.91 Å². The van der Waals surface area contributed by atoms with E-state index >= 15 is 0 Å². The van der Waals surface area contributed by atoms with Crippen LogP contribution in [0.2, 0.25) is 0 Å². The van der Waals surface area contributed by atoms with Crippen LogP contribution in [-0.4, -0.2) is 32.8 Å². The quantitative estimate of drug-likeness (QED) is 0.879. The van der Waals surface area contributed by atoms with Gasteiger partial charge in [0.15, 0.2) is 0 Å². The summed E-state index contributed by atoms with van der Waals surface area (Å²) in [4.78, 5) is 12.5. The van der Waals surface area contributed by atoms with Gasteiger partial charge in [-0.2, -0.15) is 0 Å². The molecule has 1 fully saturated rings. The van der Waals surface area contributed by atoms with Gasteiger partial charge in [-0.25, -0.2) is 0 Å².